The van der Waals surface area contributed by atoms with Gasteiger partial charge in [-0.15, -0.1) is 0 Å². The van der Waals surface area contributed by atoms with Gasteiger partial charge in [0.05, 0.1) is 18.9 Å². The van der Waals surface area contributed by atoms with Crippen molar-refractivity contribution in [2.24, 2.45) is 0 Å². The number of rotatable bonds is 4. The number of ether oxygens (including phenoxy) is 1. The molecule has 2 N–H and O–H groups in total. The maximum atomic E-state index is 5.97. The Hall–Kier alpha value is -2.75. The number of aromatic nitrogens is 2. The van der Waals surface area contributed by atoms with Gasteiger partial charge in [0.25, 0.3) is 0 Å². The SMILES string of the molecule is Cc1cc(N)cc(C)c1Oc1cnn(Cc2ccccc2)c1. The highest BCUT2D eigenvalue weighted by molar-refractivity contribution is 5.53. The fourth-order valence-electron chi connectivity index (χ4n) is 2.52. The van der Waals surface area contributed by atoms with E-state index in [4.69, 9.17) is 10.5 Å². The molecule has 22 heavy (non-hydrogen) atoms. The number of aryl methyl sites for hydroxylation is 2. The average Bonchev–Trinajstić information content (AvgIpc) is 2.91. The maximum Gasteiger partial charge on any atom is 0.165 e. The zero-order valence-electron chi connectivity index (χ0n) is 12.8. The molecule has 0 bridgehead atoms. The number of anilines is 1. The summed E-state index contributed by atoms with van der Waals surface area (Å²) in [5.74, 6) is 1.57. The van der Waals surface area contributed by atoms with E-state index < -0.39 is 0 Å². The Labute approximate surface area is 130 Å². The van der Waals surface area contributed by atoms with Gasteiger partial charge in [-0.1, -0.05) is 30.3 Å². The van der Waals surface area contributed by atoms with Gasteiger partial charge in [-0.05, 0) is 42.7 Å². The number of nitrogens with two attached hydrogens (primary N) is 1. The standard InChI is InChI=1S/C18H19N3O/c1-13-8-16(19)9-14(2)18(13)22-17-10-20-21(12-17)11-15-6-4-3-5-7-15/h3-10,12H,11,19H2,1-2H3. The van der Waals surface area contributed by atoms with Crippen molar-refractivity contribution in [1.82, 2.24) is 9.78 Å². The van der Waals surface area contributed by atoms with Crippen LogP contribution in [0.4, 0.5) is 5.69 Å². The second kappa shape index (κ2) is 5.93. The summed E-state index contributed by atoms with van der Waals surface area (Å²) in [4.78, 5) is 0. The van der Waals surface area contributed by atoms with Gasteiger partial charge in [-0.25, -0.2) is 0 Å². The first-order valence-corrected chi connectivity index (χ1v) is 7.23. The molecule has 1 heterocycles. The normalized spacial score (nSPS) is 10.6. The molecule has 3 aromatic rings. The fraction of sp³-hybridized carbons (Fsp3) is 0.167. The highest BCUT2D eigenvalue weighted by Crippen LogP contribution is 2.30. The van der Waals surface area contributed by atoms with Crippen LogP contribution in [-0.4, -0.2) is 9.78 Å². The molecule has 3 rings (SSSR count). The molecule has 112 valence electrons. The van der Waals surface area contributed by atoms with Gasteiger partial charge in [0, 0.05) is 5.69 Å². The Bertz CT molecular complexity index is 755. The largest absolute Gasteiger partial charge is 0.454 e. The van der Waals surface area contributed by atoms with E-state index in [9.17, 15) is 0 Å². The van der Waals surface area contributed by atoms with Gasteiger partial charge in [0.15, 0.2) is 5.75 Å². The summed E-state index contributed by atoms with van der Waals surface area (Å²) in [5, 5.41) is 4.35. The van der Waals surface area contributed by atoms with E-state index in [-0.39, 0.29) is 0 Å². The summed E-state index contributed by atoms with van der Waals surface area (Å²) in [5.41, 5.74) is 9.84. The highest BCUT2D eigenvalue weighted by Gasteiger charge is 2.08. The molecule has 0 aliphatic rings. The number of hydrogen-bond donors (Lipinski definition) is 1. The topological polar surface area (TPSA) is 53.1 Å². The maximum absolute atomic E-state index is 5.97. The molecular weight excluding hydrogens is 274 g/mol. The summed E-state index contributed by atoms with van der Waals surface area (Å²) in [6.07, 6.45) is 3.64. The van der Waals surface area contributed by atoms with Crippen LogP contribution in [0.3, 0.4) is 0 Å². The molecule has 2 aromatic carbocycles. The van der Waals surface area contributed by atoms with Gasteiger partial charge < -0.3 is 10.5 Å². The minimum absolute atomic E-state index is 0.726. The lowest BCUT2D eigenvalue weighted by Crippen LogP contribution is -1.99. The van der Waals surface area contributed by atoms with E-state index in [1.54, 1.807) is 6.20 Å². The lowest BCUT2D eigenvalue weighted by Gasteiger charge is -2.11. The number of nitrogens with zero attached hydrogens (tertiary/aromatic N) is 2. The van der Waals surface area contributed by atoms with Crippen LogP contribution in [0, 0.1) is 13.8 Å². The summed E-state index contributed by atoms with van der Waals surface area (Å²) in [7, 11) is 0. The molecule has 4 heteroatoms. The van der Waals surface area contributed by atoms with Crippen molar-refractivity contribution < 1.29 is 4.74 Å². The minimum Gasteiger partial charge on any atom is -0.454 e. The van der Waals surface area contributed by atoms with Crippen LogP contribution in [0.5, 0.6) is 11.5 Å². The Morgan fingerprint density at radius 2 is 1.77 bits per heavy atom. The third-order valence-electron chi connectivity index (χ3n) is 3.50. The zero-order chi connectivity index (χ0) is 15.5. The van der Waals surface area contributed by atoms with Crippen molar-refractivity contribution in [3.63, 3.8) is 0 Å². The Balaban J connectivity index is 1.78. The van der Waals surface area contributed by atoms with E-state index in [0.29, 0.717) is 0 Å². The Kier molecular flexibility index (Phi) is 3.83. The predicted molar refractivity (Wildman–Crippen MR) is 88.2 cm³/mol. The monoisotopic (exact) mass is 293 g/mol. The van der Waals surface area contributed by atoms with Crippen molar-refractivity contribution in [1.29, 1.82) is 0 Å². The first kappa shape index (κ1) is 14.2. The second-order valence-electron chi connectivity index (χ2n) is 5.45. The third kappa shape index (κ3) is 3.11. The van der Waals surface area contributed by atoms with Gasteiger partial charge in [-0.2, -0.15) is 5.10 Å². The molecule has 0 unspecified atom stereocenters. The van der Waals surface area contributed by atoms with Gasteiger partial charge in [-0.3, -0.25) is 4.68 Å². The molecule has 4 nitrogen and oxygen atoms in total. The molecule has 0 spiro atoms. The van der Waals surface area contributed by atoms with Gasteiger partial charge in [0.2, 0.25) is 0 Å². The molecule has 0 atom stereocenters. The van der Waals surface area contributed by atoms with Crippen LogP contribution in [-0.2, 0) is 6.54 Å². The van der Waals surface area contributed by atoms with Crippen molar-refractivity contribution in [3.05, 3.63) is 71.5 Å². The molecule has 0 aliphatic heterocycles. The predicted octanol–water partition coefficient (Wildman–Crippen LogP) is 3.92. The van der Waals surface area contributed by atoms with Crippen LogP contribution < -0.4 is 10.5 Å². The average molecular weight is 293 g/mol. The molecule has 0 radical (unpaired) electrons. The molecule has 1 aromatic heterocycles. The smallest absolute Gasteiger partial charge is 0.165 e. The summed E-state index contributed by atoms with van der Waals surface area (Å²) >= 11 is 0. The molecule has 0 saturated carbocycles. The lowest BCUT2D eigenvalue weighted by atomic mass is 10.1. The highest BCUT2D eigenvalue weighted by atomic mass is 16.5. The molecule has 0 saturated heterocycles. The Morgan fingerprint density at radius 1 is 1.09 bits per heavy atom. The van der Waals surface area contributed by atoms with Crippen LogP contribution >= 0.6 is 0 Å². The first-order valence-electron chi connectivity index (χ1n) is 7.23. The minimum atomic E-state index is 0.726. The molecule has 0 amide bonds. The van der Waals surface area contributed by atoms with E-state index >= 15 is 0 Å². The summed E-state index contributed by atoms with van der Waals surface area (Å²) in [6, 6.07) is 14.0. The quantitative estimate of drug-likeness (QED) is 0.742. The lowest BCUT2D eigenvalue weighted by molar-refractivity contribution is 0.474. The third-order valence-corrected chi connectivity index (χ3v) is 3.50. The van der Waals surface area contributed by atoms with E-state index in [2.05, 4.69) is 17.2 Å². The van der Waals surface area contributed by atoms with Gasteiger partial charge in [0.1, 0.15) is 5.75 Å². The summed E-state index contributed by atoms with van der Waals surface area (Å²) in [6.45, 7) is 4.71. The zero-order valence-corrected chi connectivity index (χ0v) is 12.8. The van der Waals surface area contributed by atoms with Crippen LogP contribution in [0.2, 0.25) is 0 Å². The van der Waals surface area contributed by atoms with E-state index in [0.717, 1.165) is 34.9 Å². The van der Waals surface area contributed by atoms with E-state index in [1.807, 2.05) is 55.1 Å². The van der Waals surface area contributed by atoms with Crippen LogP contribution in [0.25, 0.3) is 0 Å². The first-order chi connectivity index (χ1) is 10.6. The van der Waals surface area contributed by atoms with E-state index in [1.165, 1.54) is 5.56 Å². The molecule has 0 fully saturated rings. The van der Waals surface area contributed by atoms with Crippen molar-refractivity contribution in [3.8, 4) is 11.5 Å². The summed E-state index contributed by atoms with van der Waals surface area (Å²) < 4.78 is 7.84. The molecule has 0 aliphatic carbocycles. The number of hydrogen-bond acceptors (Lipinski definition) is 3. The molecular formula is C18H19N3O. The Morgan fingerprint density at radius 3 is 2.45 bits per heavy atom. The van der Waals surface area contributed by atoms with Crippen LogP contribution in [0.15, 0.2) is 54.9 Å². The van der Waals surface area contributed by atoms with Crippen LogP contribution in [0.1, 0.15) is 16.7 Å². The second-order valence-corrected chi connectivity index (χ2v) is 5.45. The van der Waals surface area contributed by atoms with Gasteiger partial charge >= 0.3 is 0 Å². The van der Waals surface area contributed by atoms with Crippen molar-refractivity contribution >= 4 is 5.69 Å². The van der Waals surface area contributed by atoms with Crippen molar-refractivity contribution in [2.75, 3.05) is 5.73 Å². The fourth-order valence-corrected chi connectivity index (χ4v) is 2.52. The van der Waals surface area contributed by atoms with Crippen molar-refractivity contribution in [2.45, 2.75) is 20.4 Å². The number of nitrogen functional groups attached to an aromatic ring is 1. The number of benzene rings is 2.